The van der Waals surface area contributed by atoms with Gasteiger partial charge in [0, 0.05) is 6.54 Å². The van der Waals surface area contributed by atoms with Crippen LogP contribution in [0.1, 0.15) is 23.9 Å². The molecular formula is C13H16FN3OS. The van der Waals surface area contributed by atoms with Crippen LogP contribution in [0, 0.1) is 12.7 Å². The first-order chi connectivity index (χ1) is 9.20. The van der Waals surface area contributed by atoms with Gasteiger partial charge in [-0.2, -0.15) is 0 Å². The number of rotatable bonds is 6. The number of nitrogens with one attached hydrogen (secondary N) is 1. The molecule has 0 saturated heterocycles. The molecule has 6 heteroatoms. The Kier molecular flexibility index (Phi) is 4.68. The summed E-state index contributed by atoms with van der Waals surface area (Å²) in [6.45, 7) is 4.88. The van der Waals surface area contributed by atoms with Crippen LogP contribution in [0.2, 0.25) is 0 Å². The van der Waals surface area contributed by atoms with Crippen molar-refractivity contribution in [2.75, 3.05) is 11.9 Å². The van der Waals surface area contributed by atoms with Gasteiger partial charge in [-0.3, -0.25) is 0 Å². The summed E-state index contributed by atoms with van der Waals surface area (Å²) in [4.78, 5) is 0. The molecule has 0 amide bonds. The minimum Gasteiger partial charge on any atom is -0.483 e. The van der Waals surface area contributed by atoms with Gasteiger partial charge in [-0.1, -0.05) is 30.4 Å². The first-order valence-electron chi connectivity index (χ1n) is 6.15. The molecule has 1 heterocycles. The van der Waals surface area contributed by atoms with Gasteiger partial charge in [0.15, 0.2) is 16.6 Å². The summed E-state index contributed by atoms with van der Waals surface area (Å²) in [6.07, 6.45) is 1.03. The van der Waals surface area contributed by atoms with Crippen molar-refractivity contribution in [3.63, 3.8) is 0 Å². The van der Waals surface area contributed by atoms with Gasteiger partial charge in [0.05, 0.1) is 0 Å². The van der Waals surface area contributed by atoms with E-state index in [2.05, 4.69) is 22.4 Å². The molecule has 0 fully saturated rings. The van der Waals surface area contributed by atoms with Crippen molar-refractivity contribution < 1.29 is 9.13 Å². The highest BCUT2D eigenvalue weighted by atomic mass is 32.1. The van der Waals surface area contributed by atoms with E-state index in [1.165, 1.54) is 11.3 Å². The van der Waals surface area contributed by atoms with Crippen molar-refractivity contribution in [3.8, 4) is 5.75 Å². The van der Waals surface area contributed by atoms with Crippen LogP contribution < -0.4 is 10.1 Å². The van der Waals surface area contributed by atoms with Crippen molar-refractivity contribution >= 4 is 16.5 Å². The number of aryl methyl sites for hydroxylation is 1. The maximum atomic E-state index is 13.7. The molecule has 19 heavy (non-hydrogen) atoms. The summed E-state index contributed by atoms with van der Waals surface area (Å²) >= 11 is 1.42. The van der Waals surface area contributed by atoms with Crippen LogP contribution in [0.15, 0.2) is 18.2 Å². The number of anilines is 1. The van der Waals surface area contributed by atoms with E-state index in [-0.39, 0.29) is 18.2 Å². The lowest BCUT2D eigenvalue weighted by atomic mass is 10.2. The molecule has 1 aromatic heterocycles. The molecule has 0 radical (unpaired) electrons. The fourth-order valence-corrected chi connectivity index (χ4v) is 2.17. The first-order valence-corrected chi connectivity index (χ1v) is 6.96. The van der Waals surface area contributed by atoms with E-state index < -0.39 is 0 Å². The SMILES string of the molecule is CCCNc1nnc(COc2cccc(C)c2F)s1. The molecule has 2 aromatic rings. The number of aromatic nitrogens is 2. The van der Waals surface area contributed by atoms with Crippen LogP contribution >= 0.6 is 11.3 Å². The summed E-state index contributed by atoms with van der Waals surface area (Å²) in [5.74, 6) is -0.0744. The van der Waals surface area contributed by atoms with Crippen molar-refractivity contribution in [2.24, 2.45) is 0 Å². The molecule has 2 rings (SSSR count). The summed E-state index contributed by atoms with van der Waals surface area (Å²) in [6, 6.07) is 5.08. The first kappa shape index (κ1) is 13.7. The van der Waals surface area contributed by atoms with E-state index in [0.29, 0.717) is 5.56 Å². The minimum absolute atomic E-state index is 0.228. The van der Waals surface area contributed by atoms with Gasteiger partial charge in [0.1, 0.15) is 6.61 Å². The molecule has 0 spiro atoms. The fourth-order valence-electron chi connectivity index (χ4n) is 1.49. The maximum Gasteiger partial charge on any atom is 0.205 e. The average Bonchev–Trinajstić information content (AvgIpc) is 2.86. The molecule has 0 aliphatic heterocycles. The zero-order valence-corrected chi connectivity index (χ0v) is 11.8. The van der Waals surface area contributed by atoms with Crippen molar-refractivity contribution in [3.05, 3.63) is 34.6 Å². The Morgan fingerprint density at radius 3 is 3.00 bits per heavy atom. The van der Waals surface area contributed by atoms with E-state index in [1.54, 1.807) is 25.1 Å². The quantitative estimate of drug-likeness (QED) is 0.881. The van der Waals surface area contributed by atoms with Gasteiger partial charge in [-0.15, -0.1) is 10.2 Å². The number of benzene rings is 1. The highest BCUT2D eigenvalue weighted by molar-refractivity contribution is 7.15. The number of ether oxygens (including phenoxy) is 1. The van der Waals surface area contributed by atoms with E-state index in [4.69, 9.17) is 4.74 Å². The monoisotopic (exact) mass is 281 g/mol. The van der Waals surface area contributed by atoms with Crippen molar-refractivity contribution in [1.29, 1.82) is 0 Å². The van der Waals surface area contributed by atoms with Crippen LogP contribution in [0.5, 0.6) is 5.75 Å². The minimum atomic E-state index is -0.323. The Morgan fingerprint density at radius 1 is 1.37 bits per heavy atom. The number of hydrogen-bond donors (Lipinski definition) is 1. The summed E-state index contributed by atoms with van der Waals surface area (Å²) in [7, 11) is 0. The van der Waals surface area contributed by atoms with Gasteiger partial charge in [0.2, 0.25) is 5.13 Å². The van der Waals surface area contributed by atoms with E-state index in [1.807, 2.05) is 0 Å². The highest BCUT2D eigenvalue weighted by Gasteiger charge is 2.08. The number of hydrogen-bond acceptors (Lipinski definition) is 5. The Morgan fingerprint density at radius 2 is 2.21 bits per heavy atom. The summed E-state index contributed by atoms with van der Waals surface area (Å²) < 4.78 is 19.1. The van der Waals surface area contributed by atoms with Crippen LogP contribution in [-0.2, 0) is 6.61 Å². The Balaban J connectivity index is 1.95. The van der Waals surface area contributed by atoms with Crippen molar-refractivity contribution in [2.45, 2.75) is 26.9 Å². The van der Waals surface area contributed by atoms with Crippen LogP contribution in [0.25, 0.3) is 0 Å². The van der Waals surface area contributed by atoms with Gasteiger partial charge >= 0.3 is 0 Å². The molecule has 0 unspecified atom stereocenters. The topological polar surface area (TPSA) is 47.0 Å². The third kappa shape index (κ3) is 3.64. The highest BCUT2D eigenvalue weighted by Crippen LogP contribution is 2.22. The van der Waals surface area contributed by atoms with E-state index in [0.717, 1.165) is 23.1 Å². The largest absolute Gasteiger partial charge is 0.483 e. The van der Waals surface area contributed by atoms with Gasteiger partial charge in [0.25, 0.3) is 0 Å². The van der Waals surface area contributed by atoms with Gasteiger partial charge in [-0.05, 0) is 25.0 Å². The Bertz CT molecular complexity index is 544. The zero-order chi connectivity index (χ0) is 13.7. The van der Waals surface area contributed by atoms with E-state index >= 15 is 0 Å². The standard InChI is InChI=1S/C13H16FN3OS/c1-3-7-15-13-17-16-11(19-13)8-18-10-6-4-5-9(2)12(10)14/h4-6H,3,7-8H2,1-2H3,(H,15,17). The van der Waals surface area contributed by atoms with Crippen LogP contribution in [-0.4, -0.2) is 16.7 Å². The Labute approximate surface area is 115 Å². The van der Waals surface area contributed by atoms with E-state index in [9.17, 15) is 4.39 Å². The summed E-state index contributed by atoms with van der Waals surface area (Å²) in [5.41, 5.74) is 0.570. The zero-order valence-electron chi connectivity index (χ0n) is 10.9. The molecule has 0 aliphatic carbocycles. The van der Waals surface area contributed by atoms with Crippen molar-refractivity contribution in [1.82, 2.24) is 10.2 Å². The molecule has 1 N–H and O–H groups in total. The predicted molar refractivity (Wildman–Crippen MR) is 74.2 cm³/mol. The van der Waals surface area contributed by atoms with Crippen LogP contribution in [0.3, 0.4) is 0 Å². The molecule has 0 aliphatic rings. The predicted octanol–water partition coefficient (Wildman–Crippen LogP) is 3.39. The number of nitrogens with zero attached hydrogens (tertiary/aromatic N) is 2. The third-order valence-electron chi connectivity index (χ3n) is 2.50. The lowest BCUT2D eigenvalue weighted by molar-refractivity contribution is 0.288. The second-order valence-electron chi connectivity index (χ2n) is 4.10. The van der Waals surface area contributed by atoms with Crippen LogP contribution in [0.4, 0.5) is 9.52 Å². The summed E-state index contributed by atoms with van der Waals surface area (Å²) in [5, 5.41) is 12.6. The molecule has 0 saturated carbocycles. The second-order valence-corrected chi connectivity index (χ2v) is 5.17. The molecule has 102 valence electrons. The Hall–Kier alpha value is -1.69. The van der Waals surface area contributed by atoms with Gasteiger partial charge in [-0.25, -0.2) is 4.39 Å². The smallest absolute Gasteiger partial charge is 0.205 e. The normalized spacial score (nSPS) is 10.5. The maximum absolute atomic E-state index is 13.7. The molecule has 4 nitrogen and oxygen atoms in total. The number of halogens is 1. The third-order valence-corrected chi connectivity index (χ3v) is 3.36. The molecule has 0 bridgehead atoms. The average molecular weight is 281 g/mol. The second kappa shape index (κ2) is 6.47. The lowest BCUT2D eigenvalue weighted by Crippen LogP contribution is -1.98. The lowest BCUT2D eigenvalue weighted by Gasteiger charge is -2.06. The molecular weight excluding hydrogens is 265 g/mol. The van der Waals surface area contributed by atoms with Gasteiger partial charge < -0.3 is 10.1 Å². The molecule has 1 aromatic carbocycles. The fraction of sp³-hybridized carbons (Fsp3) is 0.385. The molecule has 0 atom stereocenters.